The van der Waals surface area contributed by atoms with E-state index in [4.69, 9.17) is 9.47 Å². The zero-order valence-electron chi connectivity index (χ0n) is 15.8. The van der Waals surface area contributed by atoms with E-state index in [2.05, 4.69) is 4.98 Å². The van der Waals surface area contributed by atoms with Crippen LogP contribution in [-0.2, 0) is 9.53 Å². The van der Waals surface area contributed by atoms with Gasteiger partial charge in [-0.3, -0.25) is 4.79 Å². The van der Waals surface area contributed by atoms with Gasteiger partial charge in [0.2, 0.25) is 5.78 Å². The van der Waals surface area contributed by atoms with Crippen LogP contribution < -0.4 is 4.74 Å². The highest BCUT2D eigenvalue weighted by Crippen LogP contribution is 2.15. The molecule has 5 nitrogen and oxygen atoms in total. The Morgan fingerprint density at radius 2 is 1.79 bits per heavy atom. The molecule has 1 atom stereocenters. The second-order valence-electron chi connectivity index (χ2n) is 6.16. The summed E-state index contributed by atoms with van der Waals surface area (Å²) in [5.74, 6) is -0.176. The number of fused-ring (bicyclic) bond motifs is 1. The molecule has 0 radical (unpaired) electrons. The summed E-state index contributed by atoms with van der Waals surface area (Å²) in [6.45, 7) is 4.00. The Kier molecular flexibility index (Phi) is 6.17. The first-order valence-electron chi connectivity index (χ1n) is 9.08. The third kappa shape index (κ3) is 4.82. The van der Waals surface area contributed by atoms with Gasteiger partial charge in [-0.2, -0.15) is 0 Å². The summed E-state index contributed by atoms with van der Waals surface area (Å²) in [6, 6.07) is 18.2. The minimum absolute atomic E-state index is 0.270. The molecular weight excluding hydrogens is 354 g/mol. The summed E-state index contributed by atoms with van der Waals surface area (Å²) < 4.78 is 10.6. The molecule has 0 amide bonds. The van der Waals surface area contributed by atoms with Crippen molar-refractivity contribution in [3.63, 3.8) is 0 Å². The summed E-state index contributed by atoms with van der Waals surface area (Å²) in [4.78, 5) is 28.9. The van der Waals surface area contributed by atoms with Crippen molar-refractivity contribution < 1.29 is 19.1 Å². The topological polar surface area (TPSA) is 65.5 Å². The molecule has 5 heteroatoms. The standard InChI is InChI=1S/C23H21NO4/c1-3-27-20-13-9-18(10-14-20)23(26)16(2)28-22(25)15-12-19-11-8-17-6-4-5-7-21(17)24-19/h4-16H,3H2,1-2H3. The highest BCUT2D eigenvalue weighted by atomic mass is 16.5. The van der Waals surface area contributed by atoms with Crippen molar-refractivity contribution in [1.82, 2.24) is 4.98 Å². The van der Waals surface area contributed by atoms with Gasteiger partial charge in [-0.25, -0.2) is 9.78 Å². The average Bonchev–Trinajstić information content (AvgIpc) is 2.72. The molecule has 142 valence electrons. The van der Waals surface area contributed by atoms with Gasteiger partial charge >= 0.3 is 5.97 Å². The molecule has 0 fully saturated rings. The van der Waals surface area contributed by atoms with Gasteiger partial charge in [-0.05, 0) is 56.3 Å². The van der Waals surface area contributed by atoms with E-state index in [-0.39, 0.29) is 5.78 Å². The van der Waals surface area contributed by atoms with E-state index in [1.807, 2.05) is 43.3 Å². The van der Waals surface area contributed by atoms with Crippen LogP contribution in [0.2, 0.25) is 0 Å². The minimum Gasteiger partial charge on any atom is -0.494 e. The molecule has 1 heterocycles. The summed E-state index contributed by atoms with van der Waals surface area (Å²) in [6.07, 6.45) is 1.96. The molecule has 0 aliphatic carbocycles. The Balaban J connectivity index is 1.61. The predicted octanol–water partition coefficient (Wildman–Crippen LogP) is 4.46. The fourth-order valence-electron chi connectivity index (χ4n) is 2.71. The SMILES string of the molecule is CCOc1ccc(C(=O)C(C)OC(=O)C=Cc2ccc3ccccc3n2)cc1. The fraction of sp³-hybridized carbons (Fsp3) is 0.174. The number of ether oxygens (including phenoxy) is 2. The van der Waals surface area contributed by atoms with Gasteiger partial charge in [0, 0.05) is 17.0 Å². The van der Waals surface area contributed by atoms with E-state index < -0.39 is 12.1 Å². The molecule has 1 unspecified atom stereocenters. The average molecular weight is 375 g/mol. The molecule has 3 rings (SSSR count). The number of aromatic nitrogens is 1. The number of esters is 1. The number of carbonyl (C=O) groups excluding carboxylic acids is 2. The third-order valence-corrected chi connectivity index (χ3v) is 4.12. The second kappa shape index (κ2) is 8.95. The molecule has 0 N–H and O–H groups in total. The van der Waals surface area contributed by atoms with Crippen LogP contribution >= 0.6 is 0 Å². The first-order chi connectivity index (χ1) is 13.6. The van der Waals surface area contributed by atoms with Gasteiger partial charge in [0.05, 0.1) is 17.8 Å². The monoisotopic (exact) mass is 375 g/mol. The minimum atomic E-state index is -0.889. The zero-order chi connectivity index (χ0) is 19.9. The summed E-state index contributed by atoms with van der Waals surface area (Å²) in [7, 11) is 0. The van der Waals surface area contributed by atoms with Crippen molar-refractivity contribution in [2.75, 3.05) is 6.61 Å². The fourth-order valence-corrected chi connectivity index (χ4v) is 2.71. The molecule has 0 saturated carbocycles. The van der Waals surface area contributed by atoms with Crippen molar-refractivity contribution in [1.29, 1.82) is 0 Å². The van der Waals surface area contributed by atoms with E-state index >= 15 is 0 Å². The second-order valence-corrected chi connectivity index (χ2v) is 6.16. The largest absolute Gasteiger partial charge is 0.494 e. The molecular formula is C23H21NO4. The van der Waals surface area contributed by atoms with Crippen LogP contribution in [0.25, 0.3) is 17.0 Å². The van der Waals surface area contributed by atoms with E-state index in [0.29, 0.717) is 23.6 Å². The molecule has 0 aliphatic heterocycles. The van der Waals surface area contributed by atoms with Crippen LogP contribution in [0.3, 0.4) is 0 Å². The lowest BCUT2D eigenvalue weighted by Gasteiger charge is -2.11. The van der Waals surface area contributed by atoms with Gasteiger partial charge < -0.3 is 9.47 Å². The number of hydrogen-bond acceptors (Lipinski definition) is 5. The van der Waals surface area contributed by atoms with Crippen molar-refractivity contribution in [3.8, 4) is 5.75 Å². The van der Waals surface area contributed by atoms with Gasteiger partial charge in [0.1, 0.15) is 5.75 Å². The first kappa shape index (κ1) is 19.3. The van der Waals surface area contributed by atoms with Crippen LogP contribution in [0.1, 0.15) is 29.9 Å². The summed E-state index contributed by atoms with van der Waals surface area (Å²) in [5.41, 5.74) is 1.95. The maximum Gasteiger partial charge on any atom is 0.331 e. The Bertz CT molecular complexity index is 1010. The molecule has 0 spiro atoms. The van der Waals surface area contributed by atoms with Gasteiger partial charge in [0.15, 0.2) is 6.10 Å². The van der Waals surface area contributed by atoms with E-state index in [9.17, 15) is 9.59 Å². The highest BCUT2D eigenvalue weighted by Gasteiger charge is 2.18. The quantitative estimate of drug-likeness (QED) is 0.346. The first-order valence-corrected chi connectivity index (χ1v) is 9.08. The highest BCUT2D eigenvalue weighted by molar-refractivity contribution is 6.01. The molecule has 0 aliphatic rings. The summed E-state index contributed by atoms with van der Waals surface area (Å²) in [5, 5.41) is 1.02. The number of rotatable bonds is 7. The zero-order valence-corrected chi connectivity index (χ0v) is 15.8. The Morgan fingerprint density at radius 3 is 2.54 bits per heavy atom. The predicted molar refractivity (Wildman–Crippen MR) is 108 cm³/mol. The van der Waals surface area contributed by atoms with Crippen molar-refractivity contribution >= 4 is 28.7 Å². The Hall–Kier alpha value is -3.47. The maximum atomic E-state index is 12.4. The van der Waals surface area contributed by atoms with Gasteiger partial charge in [-0.15, -0.1) is 0 Å². The number of carbonyl (C=O) groups is 2. The lowest BCUT2D eigenvalue weighted by molar-refractivity contribution is -0.140. The molecule has 0 saturated heterocycles. The number of para-hydroxylation sites is 1. The van der Waals surface area contributed by atoms with Crippen molar-refractivity contribution in [2.24, 2.45) is 0 Å². The van der Waals surface area contributed by atoms with E-state index in [1.54, 1.807) is 37.3 Å². The number of pyridine rings is 1. The van der Waals surface area contributed by atoms with Crippen LogP contribution in [0.4, 0.5) is 0 Å². The maximum absolute atomic E-state index is 12.4. The number of Topliss-reactive ketones (excluding diaryl/α,β-unsaturated/α-hetero) is 1. The van der Waals surface area contributed by atoms with Crippen LogP contribution in [0.15, 0.2) is 66.7 Å². The lowest BCUT2D eigenvalue weighted by Crippen LogP contribution is -2.23. The lowest BCUT2D eigenvalue weighted by atomic mass is 10.1. The molecule has 3 aromatic rings. The molecule has 1 aromatic heterocycles. The Labute approximate surface area is 163 Å². The number of ketones is 1. The molecule has 0 bridgehead atoms. The third-order valence-electron chi connectivity index (χ3n) is 4.12. The van der Waals surface area contributed by atoms with E-state index in [0.717, 1.165) is 10.9 Å². The smallest absolute Gasteiger partial charge is 0.331 e. The van der Waals surface area contributed by atoms with Gasteiger partial charge in [-0.1, -0.05) is 24.3 Å². The number of benzene rings is 2. The molecule has 28 heavy (non-hydrogen) atoms. The summed E-state index contributed by atoms with van der Waals surface area (Å²) >= 11 is 0. The number of hydrogen-bond donors (Lipinski definition) is 0. The number of nitrogens with zero attached hydrogens (tertiary/aromatic N) is 1. The van der Waals surface area contributed by atoms with E-state index in [1.165, 1.54) is 6.08 Å². The van der Waals surface area contributed by atoms with Gasteiger partial charge in [0.25, 0.3) is 0 Å². The molecule has 2 aromatic carbocycles. The van der Waals surface area contributed by atoms with Crippen LogP contribution in [0.5, 0.6) is 5.75 Å². The van der Waals surface area contributed by atoms with Crippen molar-refractivity contribution in [2.45, 2.75) is 20.0 Å². The van der Waals surface area contributed by atoms with Crippen LogP contribution in [0, 0.1) is 0 Å². The normalized spacial score (nSPS) is 12.1. The Morgan fingerprint density at radius 1 is 1.04 bits per heavy atom. The van der Waals surface area contributed by atoms with Crippen molar-refractivity contribution in [3.05, 3.63) is 78.0 Å². The van der Waals surface area contributed by atoms with Crippen LogP contribution in [-0.4, -0.2) is 29.4 Å².